The number of carbonyl (C=O) groups is 1. The Morgan fingerprint density at radius 2 is 1.54 bits per heavy atom. The van der Waals surface area contributed by atoms with Crippen LogP contribution in [0, 0.1) is 0 Å². The van der Waals surface area contributed by atoms with E-state index >= 15 is 0 Å². The molecule has 7 heteroatoms. The van der Waals surface area contributed by atoms with Gasteiger partial charge in [0, 0.05) is 11.1 Å². The van der Waals surface area contributed by atoms with Crippen molar-refractivity contribution >= 4 is 12.1 Å². The normalized spacial score (nSPS) is 11.4. The highest BCUT2D eigenvalue weighted by molar-refractivity contribution is 5.95. The molecule has 1 N–H and O–H groups in total. The molecular weight excluding hydrogens is 369 g/mol. The average molecular weight is 384 g/mol. The first-order valence-corrected chi connectivity index (χ1v) is 8.26. The van der Waals surface area contributed by atoms with Gasteiger partial charge in [-0.25, -0.2) is 5.43 Å². The first-order valence-electron chi connectivity index (χ1n) is 8.26. The summed E-state index contributed by atoms with van der Waals surface area (Å²) in [6.45, 7) is 0. The molecule has 0 aliphatic carbocycles. The molecule has 0 fully saturated rings. The van der Waals surface area contributed by atoms with Crippen molar-refractivity contribution in [1.29, 1.82) is 0 Å². The Bertz CT molecular complexity index is 969. The van der Waals surface area contributed by atoms with Gasteiger partial charge in [0.1, 0.15) is 11.5 Å². The number of nitrogens with one attached hydrogen (secondary N) is 1. The lowest BCUT2D eigenvalue weighted by atomic mass is 10.1. The molecule has 0 atom stereocenters. The third kappa shape index (κ3) is 4.97. The van der Waals surface area contributed by atoms with Gasteiger partial charge in [-0.3, -0.25) is 4.79 Å². The van der Waals surface area contributed by atoms with E-state index in [1.54, 1.807) is 36.4 Å². The predicted octanol–water partition coefficient (Wildman–Crippen LogP) is 5.26. The standard InChI is InChI=1S/C21H15F3N2O2/c22-21(23,24)17-12-10-15(11-13-17)20(27)26-25-14-16-6-4-5-9-19(16)28-18-7-2-1-3-8-18/h1-14H,(H,26,27)/b25-14-. The molecule has 0 radical (unpaired) electrons. The fourth-order valence-corrected chi connectivity index (χ4v) is 2.33. The summed E-state index contributed by atoms with van der Waals surface area (Å²) in [5, 5.41) is 3.86. The number of alkyl halides is 3. The lowest BCUT2D eigenvalue weighted by Crippen LogP contribution is -2.18. The fourth-order valence-electron chi connectivity index (χ4n) is 2.33. The third-order valence-electron chi connectivity index (χ3n) is 3.73. The maximum absolute atomic E-state index is 12.6. The number of hydrogen-bond donors (Lipinski definition) is 1. The number of benzene rings is 3. The minimum atomic E-state index is -4.45. The van der Waals surface area contributed by atoms with E-state index in [9.17, 15) is 18.0 Å². The van der Waals surface area contributed by atoms with Gasteiger partial charge in [-0.15, -0.1) is 0 Å². The zero-order chi connectivity index (χ0) is 20.0. The van der Waals surface area contributed by atoms with Crippen molar-refractivity contribution in [2.45, 2.75) is 6.18 Å². The summed E-state index contributed by atoms with van der Waals surface area (Å²) in [5.74, 6) is 0.574. The smallest absolute Gasteiger partial charge is 0.416 e. The minimum Gasteiger partial charge on any atom is -0.457 e. The number of hydrazone groups is 1. The van der Waals surface area contributed by atoms with E-state index < -0.39 is 17.6 Å². The molecule has 0 aliphatic heterocycles. The van der Waals surface area contributed by atoms with Crippen molar-refractivity contribution in [2.75, 3.05) is 0 Å². The molecule has 0 saturated heterocycles. The topological polar surface area (TPSA) is 50.7 Å². The van der Waals surface area contributed by atoms with Gasteiger partial charge < -0.3 is 4.74 Å². The van der Waals surface area contributed by atoms with Crippen molar-refractivity contribution in [3.63, 3.8) is 0 Å². The molecular formula is C21H15F3N2O2. The Balaban J connectivity index is 1.67. The summed E-state index contributed by atoms with van der Waals surface area (Å²) in [7, 11) is 0. The van der Waals surface area contributed by atoms with Gasteiger partial charge in [-0.05, 0) is 48.5 Å². The quantitative estimate of drug-likeness (QED) is 0.482. The summed E-state index contributed by atoms with van der Waals surface area (Å²) in [4.78, 5) is 12.0. The van der Waals surface area contributed by atoms with Crippen LogP contribution in [0.5, 0.6) is 11.5 Å². The van der Waals surface area contributed by atoms with E-state index in [0.29, 0.717) is 17.1 Å². The Hall–Kier alpha value is -3.61. The van der Waals surface area contributed by atoms with Crippen molar-refractivity contribution in [1.82, 2.24) is 5.43 Å². The van der Waals surface area contributed by atoms with Crippen molar-refractivity contribution in [3.8, 4) is 11.5 Å². The van der Waals surface area contributed by atoms with Gasteiger partial charge in [0.2, 0.25) is 0 Å². The lowest BCUT2D eigenvalue weighted by molar-refractivity contribution is -0.137. The third-order valence-corrected chi connectivity index (χ3v) is 3.73. The Morgan fingerprint density at radius 3 is 2.21 bits per heavy atom. The molecule has 3 aromatic carbocycles. The summed E-state index contributed by atoms with van der Waals surface area (Å²) in [6.07, 6.45) is -3.05. The highest BCUT2D eigenvalue weighted by atomic mass is 19.4. The van der Waals surface area contributed by atoms with E-state index in [1.165, 1.54) is 6.21 Å². The molecule has 1 amide bonds. The van der Waals surface area contributed by atoms with Crippen LogP contribution in [0.1, 0.15) is 21.5 Å². The van der Waals surface area contributed by atoms with E-state index in [0.717, 1.165) is 24.3 Å². The van der Waals surface area contributed by atoms with E-state index in [1.807, 2.05) is 18.2 Å². The van der Waals surface area contributed by atoms with Crippen LogP contribution in [0.15, 0.2) is 84.0 Å². The zero-order valence-corrected chi connectivity index (χ0v) is 14.5. The summed E-state index contributed by atoms with van der Waals surface area (Å²) < 4.78 is 43.5. The highest BCUT2D eigenvalue weighted by Gasteiger charge is 2.30. The van der Waals surface area contributed by atoms with Crippen LogP contribution in [0.3, 0.4) is 0 Å². The van der Waals surface area contributed by atoms with Gasteiger partial charge >= 0.3 is 6.18 Å². The Kier molecular flexibility index (Phi) is 5.74. The molecule has 0 unspecified atom stereocenters. The van der Waals surface area contributed by atoms with Gasteiger partial charge in [0.15, 0.2) is 0 Å². The lowest BCUT2D eigenvalue weighted by Gasteiger charge is -2.08. The number of rotatable bonds is 5. The summed E-state index contributed by atoms with van der Waals surface area (Å²) >= 11 is 0. The van der Waals surface area contributed by atoms with Gasteiger partial charge in [0.25, 0.3) is 5.91 Å². The highest BCUT2D eigenvalue weighted by Crippen LogP contribution is 2.29. The second kappa shape index (κ2) is 8.39. The molecule has 0 heterocycles. The van der Waals surface area contributed by atoms with Crippen LogP contribution in [0.2, 0.25) is 0 Å². The number of para-hydroxylation sites is 2. The SMILES string of the molecule is O=C(N/N=C\c1ccccc1Oc1ccccc1)c1ccc(C(F)(F)F)cc1. The number of ether oxygens (including phenoxy) is 1. The molecule has 142 valence electrons. The number of nitrogens with zero attached hydrogens (tertiary/aromatic N) is 1. The molecule has 28 heavy (non-hydrogen) atoms. The van der Waals surface area contributed by atoms with Crippen LogP contribution in [-0.4, -0.2) is 12.1 Å². The van der Waals surface area contributed by atoms with Crippen LogP contribution in [0.25, 0.3) is 0 Å². The summed E-state index contributed by atoms with van der Waals surface area (Å²) in [5.41, 5.74) is 2.16. The molecule has 4 nitrogen and oxygen atoms in total. The number of amides is 1. The molecule has 0 aromatic heterocycles. The van der Waals surface area contributed by atoms with E-state index in [-0.39, 0.29) is 5.56 Å². The minimum absolute atomic E-state index is 0.0685. The maximum Gasteiger partial charge on any atom is 0.416 e. The largest absolute Gasteiger partial charge is 0.457 e. The maximum atomic E-state index is 12.6. The van der Waals surface area contributed by atoms with Gasteiger partial charge in [0.05, 0.1) is 11.8 Å². The first-order chi connectivity index (χ1) is 13.4. The van der Waals surface area contributed by atoms with Crippen LogP contribution in [0.4, 0.5) is 13.2 Å². The molecule has 0 aliphatic rings. The predicted molar refractivity (Wildman–Crippen MR) is 99.5 cm³/mol. The van der Waals surface area contributed by atoms with Crippen molar-refractivity contribution in [3.05, 3.63) is 95.6 Å². The number of carbonyl (C=O) groups excluding carboxylic acids is 1. The van der Waals surface area contributed by atoms with E-state index in [4.69, 9.17) is 4.74 Å². The van der Waals surface area contributed by atoms with E-state index in [2.05, 4.69) is 10.5 Å². The van der Waals surface area contributed by atoms with Crippen LogP contribution < -0.4 is 10.2 Å². The Morgan fingerprint density at radius 1 is 0.893 bits per heavy atom. The molecule has 0 bridgehead atoms. The molecule has 3 aromatic rings. The molecule has 3 rings (SSSR count). The first kappa shape index (κ1) is 19.2. The monoisotopic (exact) mass is 384 g/mol. The van der Waals surface area contributed by atoms with Crippen LogP contribution >= 0.6 is 0 Å². The Labute approximate surface area is 159 Å². The zero-order valence-electron chi connectivity index (χ0n) is 14.5. The van der Waals surface area contributed by atoms with Crippen molar-refractivity contribution < 1.29 is 22.7 Å². The molecule has 0 spiro atoms. The second-order valence-electron chi connectivity index (χ2n) is 5.73. The number of halogens is 3. The fraction of sp³-hybridized carbons (Fsp3) is 0.0476. The van der Waals surface area contributed by atoms with Gasteiger partial charge in [-0.2, -0.15) is 18.3 Å². The molecule has 0 saturated carbocycles. The average Bonchev–Trinajstić information content (AvgIpc) is 2.69. The second-order valence-corrected chi connectivity index (χ2v) is 5.73. The van der Waals surface area contributed by atoms with Crippen molar-refractivity contribution in [2.24, 2.45) is 5.10 Å². The summed E-state index contributed by atoms with van der Waals surface area (Å²) in [6, 6.07) is 20.2. The van der Waals surface area contributed by atoms with Gasteiger partial charge in [-0.1, -0.05) is 30.3 Å². The number of hydrogen-bond acceptors (Lipinski definition) is 3. The van der Waals surface area contributed by atoms with Crippen LogP contribution in [-0.2, 0) is 6.18 Å².